The summed E-state index contributed by atoms with van der Waals surface area (Å²) >= 11 is 0. The Morgan fingerprint density at radius 3 is 2.71 bits per heavy atom. The molecule has 1 unspecified atom stereocenters. The Bertz CT molecular complexity index is 350. The topological polar surface area (TPSA) is 29.9 Å². The molecular weight excluding hydrogens is 210 g/mol. The minimum absolute atomic E-state index is 0.483. The van der Waals surface area contributed by atoms with Crippen LogP contribution in [0.1, 0.15) is 56.5 Å². The molecule has 3 nitrogen and oxygen atoms in total. The van der Waals surface area contributed by atoms with Gasteiger partial charge in [-0.1, -0.05) is 19.3 Å². The SMILES string of the molecule is CCn1nc(C)cc1C(NC)C1CCCCC1. The first-order chi connectivity index (χ1) is 8.26. The van der Waals surface area contributed by atoms with Crippen molar-refractivity contribution in [1.29, 1.82) is 0 Å². The van der Waals surface area contributed by atoms with Crippen molar-refractivity contribution in [2.75, 3.05) is 7.05 Å². The molecular formula is C14H25N3. The summed E-state index contributed by atoms with van der Waals surface area (Å²) in [6.07, 6.45) is 6.92. The quantitative estimate of drug-likeness (QED) is 0.869. The minimum Gasteiger partial charge on any atom is -0.311 e. The molecule has 0 aromatic carbocycles. The van der Waals surface area contributed by atoms with E-state index in [9.17, 15) is 0 Å². The van der Waals surface area contributed by atoms with E-state index in [0.717, 1.165) is 18.2 Å². The summed E-state index contributed by atoms with van der Waals surface area (Å²) in [6.45, 7) is 5.22. The van der Waals surface area contributed by atoms with E-state index in [-0.39, 0.29) is 0 Å². The lowest BCUT2D eigenvalue weighted by Crippen LogP contribution is -2.29. The fourth-order valence-electron chi connectivity index (χ4n) is 3.16. The van der Waals surface area contributed by atoms with Crippen molar-refractivity contribution in [2.45, 2.75) is 58.5 Å². The Morgan fingerprint density at radius 1 is 1.41 bits per heavy atom. The zero-order chi connectivity index (χ0) is 12.3. The summed E-state index contributed by atoms with van der Waals surface area (Å²) in [4.78, 5) is 0. The van der Waals surface area contributed by atoms with Gasteiger partial charge in [0.25, 0.3) is 0 Å². The zero-order valence-electron chi connectivity index (χ0n) is 11.4. The zero-order valence-corrected chi connectivity index (χ0v) is 11.4. The minimum atomic E-state index is 0.483. The Kier molecular flexibility index (Phi) is 4.21. The Morgan fingerprint density at radius 2 is 2.12 bits per heavy atom. The molecule has 1 aliphatic rings. The molecule has 0 amide bonds. The van der Waals surface area contributed by atoms with Gasteiger partial charge in [-0.15, -0.1) is 0 Å². The molecule has 17 heavy (non-hydrogen) atoms. The van der Waals surface area contributed by atoms with Gasteiger partial charge in [0.05, 0.1) is 17.4 Å². The fourth-order valence-corrected chi connectivity index (χ4v) is 3.16. The van der Waals surface area contributed by atoms with Crippen LogP contribution in [0.15, 0.2) is 6.07 Å². The van der Waals surface area contributed by atoms with Crippen molar-refractivity contribution in [3.05, 3.63) is 17.5 Å². The summed E-state index contributed by atoms with van der Waals surface area (Å²) < 4.78 is 2.16. The summed E-state index contributed by atoms with van der Waals surface area (Å²) in [7, 11) is 2.08. The summed E-state index contributed by atoms with van der Waals surface area (Å²) in [5, 5.41) is 8.08. The highest BCUT2D eigenvalue weighted by Gasteiger charge is 2.26. The van der Waals surface area contributed by atoms with Crippen LogP contribution in [0.5, 0.6) is 0 Å². The lowest BCUT2D eigenvalue weighted by atomic mass is 9.82. The van der Waals surface area contributed by atoms with Gasteiger partial charge >= 0.3 is 0 Å². The summed E-state index contributed by atoms with van der Waals surface area (Å²) in [6, 6.07) is 2.73. The molecule has 1 saturated carbocycles. The van der Waals surface area contributed by atoms with Crippen LogP contribution in [0.3, 0.4) is 0 Å². The average molecular weight is 235 g/mol. The maximum Gasteiger partial charge on any atom is 0.0597 e. The second-order valence-electron chi connectivity index (χ2n) is 5.19. The second-order valence-corrected chi connectivity index (χ2v) is 5.19. The van der Waals surface area contributed by atoms with Crippen LogP contribution in [0.25, 0.3) is 0 Å². The predicted octanol–water partition coefficient (Wildman–Crippen LogP) is 3.05. The smallest absolute Gasteiger partial charge is 0.0597 e. The number of hydrogen-bond donors (Lipinski definition) is 1. The Labute approximate surface area is 105 Å². The highest BCUT2D eigenvalue weighted by atomic mass is 15.3. The third-order valence-electron chi connectivity index (χ3n) is 3.98. The van der Waals surface area contributed by atoms with Crippen molar-refractivity contribution < 1.29 is 0 Å². The van der Waals surface area contributed by atoms with Crippen LogP contribution in [0.2, 0.25) is 0 Å². The van der Waals surface area contributed by atoms with Crippen LogP contribution in [0, 0.1) is 12.8 Å². The summed E-state index contributed by atoms with van der Waals surface area (Å²) in [5.41, 5.74) is 2.51. The van der Waals surface area contributed by atoms with Gasteiger partial charge in [-0.2, -0.15) is 5.10 Å². The molecule has 0 aliphatic heterocycles. The maximum atomic E-state index is 4.57. The van der Waals surface area contributed by atoms with Gasteiger partial charge in [-0.05, 0) is 45.7 Å². The van der Waals surface area contributed by atoms with Crippen LogP contribution in [-0.2, 0) is 6.54 Å². The van der Waals surface area contributed by atoms with E-state index in [2.05, 4.69) is 42.1 Å². The maximum absolute atomic E-state index is 4.57. The molecule has 1 aromatic heterocycles. The molecule has 1 aromatic rings. The number of nitrogens with zero attached hydrogens (tertiary/aromatic N) is 2. The molecule has 1 fully saturated rings. The standard InChI is InChI=1S/C14H25N3/c1-4-17-13(10-11(2)16-17)14(15-3)12-8-6-5-7-9-12/h10,12,14-15H,4-9H2,1-3H3. The van der Waals surface area contributed by atoms with Gasteiger partial charge < -0.3 is 5.32 Å². The Balaban J connectivity index is 2.20. The van der Waals surface area contributed by atoms with Crippen LogP contribution in [-0.4, -0.2) is 16.8 Å². The molecule has 2 rings (SSSR count). The number of nitrogens with one attached hydrogen (secondary N) is 1. The van der Waals surface area contributed by atoms with Gasteiger partial charge in [0.1, 0.15) is 0 Å². The molecule has 0 radical (unpaired) electrons. The van der Waals surface area contributed by atoms with Crippen LogP contribution < -0.4 is 5.32 Å². The van der Waals surface area contributed by atoms with Crippen molar-refractivity contribution in [2.24, 2.45) is 5.92 Å². The van der Waals surface area contributed by atoms with Gasteiger partial charge in [-0.3, -0.25) is 4.68 Å². The van der Waals surface area contributed by atoms with E-state index in [4.69, 9.17) is 0 Å². The third-order valence-corrected chi connectivity index (χ3v) is 3.98. The van der Waals surface area contributed by atoms with Crippen molar-refractivity contribution in [3.63, 3.8) is 0 Å². The highest BCUT2D eigenvalue weighted by molar-refractivity contribution is 5.14. The molecule has 0 saturated heterocycles. The van der Waals surface area contributed by atoms with E-state index in [1.165, 1.54) is 37.8 Å². The van der Waals surface area contributed by atoms with Gasteiger partial charge in [0.15, 0.2) is 0 Å². The van der Waals surface area contributed by atoms with Crippen molar-refractivity contribution >= 4 is 0 Å². The largest absolute Gasteiger partial charge is 0.311 e. The molecule has 0 bridgehead atoms. The van der Waals surface area contributed by atoms with Gasteiger partial charge in [0.2, 0.25) is 0 Å². The first kappa shape index (κ1) is 12.6. The van der Waals surface area contributed by atoms with E-state index in [0.29, 0.717) is 6.04 Å². The fraction of sp³-hybridized carbons (Fsp3) is 0.786. The lowest BCUT2D eigenvalue weighted by molar-refractivity contribution is 0.271. The molecule has 1 aliphatic carbocycles. The van der Waals surface area contributed by atoms with Gasteiger partial charge in [0, 0.05) is 6.54 Å². The average Bonchev–Trinajstić information content (AvgIpc) is 2.73. The van der Waals surface area contributed by atoms with E-state index >= 15 is 0 Å². The van der Waals surface area contributed by atoms with E-state index < -0.39 is 0 Å². The lowest BCUT2D eigenvalue weighted by Gasteiger charge is -2.30. The second kappa shape index (κ2) is 5.67. The molecule has 0 spiro atoms. The molecule has 96 valence electrons. The first-order valence-electron chi connectivity index (χ1n) is 6.98. The highest BCUT2D eigenvalue weighted by Crippen LogP contribution is 2.34. The number of rotatable bonds is 4. The molecule has 1 N–H and O–H groups in total. The molecule has 3 heteroatoms. The Hall–Kier alpha value is -0.830. The number of aromatic nitrogens is 2. The van der Waals surface area contributed by atoms with E-state index in [1.54, 1.807) is 0 Å². The first-order valence-corrected chi connectivity index (χ1v) is 6.98. The van der Waals surface area contributed by atoms with Gasteiger partial charge in [-0.25, -0.2) is 0 Å². The van der Waals surface area contributed by atoms with Crippen molar-refractivity contribution in [3.8, 4) is 0 Å². The normalized spacial score (nSPS) is 19.5. The number of hydrogen-bond acceptors (Lipinski definition) is 2. The van der Waals surface area contributed by atoms with Crippen LogP contribution >= 0.6 is 0 Å². The predicted molar refractivity (Wildman–Crippen MR) is 71.0 cm³/mol. The summed E-state index contributed by atoms with van der Waals surface area (Å²) in [5.74, 6) is 0.787. The van der Waals surface area contributed by atoms with Crippen LogP contribution in [0.4, 0.5) is 0 Å². The molecule has 1 heterocycles. The van der Waals surface area contributed by atoms with Crippen molar-refractivity contribution in [1.82, 2.24) is 15.1 Å². The molecule has 1 atom stereocenters. The third kappa shape index (κ3) is 2.71. The monoisotopic (exact) mass is 235 g/mol. The number of aryl methyl sites for hydroxylation is 2. The van der Waals surface area contributed by atoms with E-state index in [1.807, 2.05) is 0 Å².